The van der Waals surface area contributed by atoms with Crippen molar-refractivity contribution in [2.45, 2.75) is 5.92 Å². The lowest BCUT2D eigenvalue weighted by atomic mass is 10.1. The lowest BCUT2D eigenvalue weighted by molar-refractivity contribution is 0.531. The van der Waals surface area contributed by atoms with Gasteiger partial charge < -0.3 is 0 Å². The zero-order valence-corrected chi connectivity index (χ0v) is 10.3. The average Bonchev–Trinajstić information content (AvgIpc) is 2.77. The van der Waals surface area contributed by atoms with Crippen LogP contribution in [0.15, 0.2) is 18.3 Å². The van der Waals surface area contributed by atoms with Crippen LogP contribution >= 0.6 is 22.9 Å². The summed E-state index contributed by atoms with van der Waals surface area (Å²) >= 11 is 2.39. The number of fused-ring (bicyclic) bond motifs is 1. The molecule has 0 bridgehead atoms. The van der Waals surface area contributed by atoms with Gasteiger partial charge in [0.1, 0.15) is 6.07 Å². The monoisotopic (exact) mass is 311 g/mol. The Morgan fingerprint density at radius 3 is 2.67 bits per heavy atom. The van der Waals surface area contributed by atoms with E-state index in [9.17, 15) is 0 Å². The summed E-state index contributed by atoms with van der Waals surface area (Å²) in [5.41, 5.74) is 1.83. The van der Waals surface area contributed by atoms with Crippen molar-refractivity contribution in [3.05, 3.63) is 29.6 Å². The fourth-order valence-corrected chi connectivity index (χ4v) is 3.49. The number of hydrogen-bond donors (Lipinski definition) is 0. The van der Waals surface area contributed by atoms with E-state index in [1.54, 1.807) is 6.20 Å². The van der Waals surface area contributed by atoms with Gasteiger partial charge in [-0.25, -0.2) is 3.11 Å². The number of pyridine rings is 1. The molecule has 2 unspecified atom stereocenters. The molecule has 15 heavy (non-hydrogen) atoms. The van der Waals surface area contributed by atoms with Gasteiger partial charge >= 0.3 is 0 Å². The third kappa shape index (κ3) is 1.54. The van der Waals surface area contributed by atoms with Gasteiger partial charge in [0.2, 0.25) is 0 Å². The molecule has 3 nitrogen and oxygen atoms in total. The van der Waals surface area contributed by atoms with E-state index in [0.29, 0.717) is 11.5 Å². The molecule has 1 aromatic rings. The topological polar surface area (TPSA) is 39.9 Å². The lowest BCUT2D eigenvalue weighted by Gasteiger charge is -2.10. The molecule has 1 saturated heterocycles. The number of nitriles is 1. The quantitative estimate of drug-likeness (QED) is 0.588. The van der Waals surface area contributed by atoms with Crippen LogP contribution in [0.25, 0.3) is 0 Å². The fraction of sp³-hybridized carbons (Fsp3) is 0.455. The molecule has 1 saturated carbocycles. The highest BCUT2D eigenvalue weighted by molar-refractivity contribution is 14.1. The van der Waals surface area contributed by atoms with E-state index in [2.05, 4.69) is 37.0 Å². The van der Waals surface area contributed by atoms with Gasteiger partial charge in [-0.1, -0.05) is 0 Å². The molecule has 2 fully saturated rings. The van der Waals surface area contributed by atoms with Crippen LogP contribution in [-0.2, 0) is 0 Å². The summed E-state index contributed by atoms with van der Waals surface area (Å²) in [6.45, 7) is 2.38. The third-order valence-corrected chi connectivity index (χ3v) is 4.19. The highest BCUT2D eigenvalue weighted by Gasteiger charge is 2.56. The van der Waals surface area contributed by atoms with Crippen LogP contribution in [0.2, 0.25) is 0 Å². The van der Waals surface area contributed by atoms with Gasteiger partial charge in [0, 0.05) is 53.8 Å². The summed E-state index contributed by atoms with van der Waals surface area (Å²) in [7, 11) is 0. The molecule has 3 rings (SSSR count). The third-order valence-electron chi connectivity index (χ3n) is 3.41. The standard InChI is InChI=1S/C11H10IN3/c12-15-5-8-9(6-15)11(8)10-2-1-7(3-13)4-14-10/h1-2,4,8-9,11H,5-6H2. The molecule has 2 heterocycles. The Balaban J connectivity index is 1.77. The zero-order chi connectivity index (χ0) is 10.4. The van der Waals surface area contributed by atoms with Gasteiger partial charge in [-0.05, 0) is 24.0 Å². The molecular weight excluding hydrogens is 301 g/mol. The maximum Gasteiger partial charge on any atom is 0.101 e. The summed E-state index contributed by atoms with van der Waals surface area (Å²) < 4.78 is 2.35. The van der Waals surface area contributed by atoms with E-state index in [0.717, 1.165) is 11.8 Å². The summed E-state index contributed by atoms with van der Waals surface area (Å²) in [5.74, 6) is 2.27. The molecule has 4 heteroatoms. The number of nitrogens with zero attached hydrogens (tertiary/aromatic N) is 3. The van der Waals surface area contributed by atoms with E-state index in [1.807, 2.05) is 12.1 Å². The molecule has 1 aliphatic carbocycles. The minimum atomic E-state index is 0.653. The van der Waals surface area contributed by atoms with Crippen molar-refractivity contribution in [2.24, 2.45) is 11.8 Å². The molecule has 0 radical (unpaired) electrons. The summed E-state index contributed by atoms with van der Waals surface area (Å²) in [6.07, 6.45) is 1.69. The first-order chi connectivity index (χ1) is 7.29. The van der Waals surface area contributed by atoms with E-state index in [1.165, 1.54) is 18.8 Å². The second-order valence-electron chi connectivity index (χ2n) is 4.26. The molecule has 0 N–H and O–H groups in total. The lowest BCUT2D eigenvalue weighted by Crippen LogP contribution is -2.12. The minimum absolute atomic E-state index is 0.653. The Bertz CT molecular complexity index is 410. The average molecular weight is 311 g/mol. The predicted octanol–water partition coefficient (Wildman–Crippen LogP) is 1.95. The number of rotatable bonds is 1. The van der Waals surface area contributed by atoms with Gasteiger partial charge in [0.15, 0.2) is 0 Å². The van der Waals surface area contributed by atoms with Crippen LogP contribution < -0.4 is 0 Å². The van der Waals surface area contributed by atoms with Crippen LogP contribution in [-0.4, -0.2) is 21.2 Å². The SMILES string of the molecule is N#Cc1ccc(C2C3CN(I)CC32)nc1. The van der Waals surface area contributed by atoms with Gasteiger partial charge in [0.25, 0.3) is 0 Å². The van der Waals surface area contributed by atoms with Gasteiger partial charge in [-0.3, -0.25) is 4.98 Å². The number of piperidine rings is 1. The fourth-order valence-electron chi connectivity index (χ4n) is 2.58. The maximum absolute atomic E-state index is 8.68. The predicted molar refractivity (Wildman–Crippen MR) is 64.3 cm³/mol. The largest absolute Gasteiger partial charge is 0.260 e. The number of hydrogen-bond acceptors (Lipinski definition) is 3. The van der Waals surface area contributed by atoms with E-state index in [-0.39, 0.29) is 0 Å². The van der Waals surface area contributed by atoms with E-state index < -0.39 is 0 Å². The maximum atomic E-state index is 8.68. The highest BCUT2D eigenvalue weighted by Crippen LogP contribution is 2.58. The van der Waals surface area contributed by atoms with E-state index >= 15 is 0 Å². The first-order valence-electron chi connectivity index (χ1n) is 5.06. The summed E-state index contributed by atoms with van der Waals surface area (Å²) in [4.78, 5) is 4.38. The Morgan fingerprint density at radius 2 is 2.13 bits per heavy atom. The normalized spacial score (nSPS) is 33.5. The molecule has 0 aromatic carbocycles. The molecular formula is C11H10IN3. The van der Waals surface area contributed by atoms with Crippen LogP contribution in [0.5, 0.6) is 0 Å². The summed E-state index contributed by atoms with van der Waals surface area (Å²) in [5, 5.41) is 8.68. The highest BCUT2D eigenvalue weighted by atomic mass is 127. The van der Waals surface area contributed by atoms with Gasteiger partial charge in [0.05, 0.1) is 5.56 Å². The summed E-state index contributed by atoms with van der Waals surface area (Å²) in [6, 6.07) is 5.99. The van der Waals surface area contributed by atoms with Crippen molar-refractivity contribution in [1.82, 2.24) is 8.10 Å². The molecule has 0 spiro atoms. The first kappa shape index (κ1) is 9.55. The van der Waals surface area contributed by atoms with Crippen molar-refractivity contribution in [1.29, 1.82) is 5.26 Å². The second kappa shape index (κ2) is 3.42. The Hall–Kier alpha value is -0.670. The van der Waals surface area contributed by atoms with Crippen molar-refractivity contribution in [3.8, 4) is 6.07 Å². The Morgan fingerprint density at radius 1 is 1.40 bits per heavy atom. The van der Waals surface area contributed by atoms with Crippen LogP contribution in [0, 0.1) is 23.2 Å². The Kier molecular flexibility index (Phi) is 2.18. The molecule has 2 aliphatic rings. The van der Waals surface area contributed by atoms with Crippen molar-refractivity contribution in [3.63, 3.8) is 0 Å². The van der Waals surface area contributed by atoms with Crippen molar-refractivity contribution >= 4 is 22.9 Å². The number of halogens is 1. The molecule has 1 aromatic heterocycles. The van der Waals surface area contributed by atoms with Gasteiger partial charge in [-0.2, -0.15) is 5.26 Å². The molecule has 76 valence electrons. The van der Waals surface area contributed by atoms with Gasteiger partial charge in [-0.15, -0.1) is 0 Å². The first-order valence-corrected chi connectivity index (χ1v) is 6.03. The zero-order valence-electron chi connectivity index (χ0n) is 8.10. The number of aromatic nitrogens is 1. The van der Waals surface area contributed by atoms with Crippen molar-refractivity contribution in [2.75, 3.05) is 13.1 Å². The molecule has 2 atom stereocenters. The Labute approximate surface area is 103 Å². The molecule has 1 aliphatic heterocycles. The second-order valence-corrected chi connectivity index (χ2v) is 5.63. The van der Waals surface area contributed by atoms with Crippen molar-refractivity contribution < 1.29 is 0 Å². The van der Waals surface area contributed by atoms with Crippen LogP contribution in [0.3, 0.4) is 0 Å². The molecule has 0 amide bonds. The van der Waals surface area contributed by atoms with E-state index in [4.69, 9.17) is 5.26 Å². The van der Waals surface area contributed by atoms with Crippen LogP contribution in [0.1, 0.15) is 17.2 Å². The van der Waals surface area contributed by atoms with Crippen LogP contribution in [0.4, 0.5) is 0 Å². The minimum Gasteiger partial charge on any atom is -0.260 e. The smallest absolute Gasteiger partial charge is 0.101 e.